The standard InChI is InChI=1S/C24H25N5O7S.C23H23N5O7S/c1-35-24(32)14-5-6-16-13(9-14)3-2-4-17(16)18-11-21-26-8-7-20(29(21)28-18)27-19-10-15(22(30)23(19)31)12-36-37(25,33)34;24-36(33,34)35-11-14-9-18(22(30)21(14)29)26-19-6-7-25-20-10-17(27-28(19)20)16-3-1-2-12-8-13(23(31)32)4-5-15(12)16/h2-9,11,15,19,22-23,27,30-31H,10,12H2,1H3,(H2,25,33,34);1-8,10,14,18,21-22,26,29-30H,9,11H2,(H,31,32)(H2,24,33,34)/t15-,19-,22-,23+;14-,18-,21-,22+/m11/s1. The SMILES string of the molecule is COC(=O)c1ccc2c(-c3cc4nccc(N[C@@H]5C[C@H](COS(N)(=O)=O)[C@@H](O)[C@H]5O)n4n3)cccc2c1.NS(=O)(=O)OC[C@H]1C[C@@H](Nc2ccnc3cc(-c4cccc5cc(C(=O)O)ccc45)nn23)[C@H](O)[C@@H]1O. The van der Waals surface area contributed by atoms with Crippen molar-refractivity contribution < 1.29 is 65.1 Å². The number of anilines is 2. The summed E-state index contributed by atoms with van der Waals surface area (Å²) in [5, 5.41) is 79.9. The summed E-state index contributed by atoms with van der Waals surface area (Å²) in [7, 11) is -7.00. The van der Waals surface area contributed by atoms with Crippen molar-refractivity contribution in [3.8, 4) is 22.5 Å². The van der Waals surface area contributed by atoms with Crippen LogP contribution in [0.3, 0.4) is 0 Å². The molecular formula is C47H48N10O14S2. The van der Waals surface area contributed by atoms with Crippen LogP contribution in [0.1, 0.15) is 33.6 Å². The van der Waals surface area contributed by atoms with Gasteiger partial charge >= 0.3 is 32.5 Å². The number of carbonyl (C=O) groups is 2. The number of benzene rings is 4. The number of carboxylic acid groups (broad SMARTS) is 1. The Labute approximate surface area is 415 Å². The van der Waals surface area contributed by atoms with E-state index in [0.29, 0.717) is 39.9 Å². The molecule has 8 aromatic rings. The van der Waals surface area contributed by atoms with Crippen LogP contribution in [0.5, 0.6) is 0 Å². The molecule has 0 amide bonds. The van der Waals surface area contributed by atoms with Gasteiger partial charge in [-0.1, -0.05) is 48.5 Å². The minimum absolute atomic E-state index is 0.188. The molecule has 10 rings (SSSR count). The molecule has 382 valence electrons. The predicted molar refractivity (Wildman–Crippen MR) is 263 cm³/mol. The molecule has 0 aliphatic heterocycles. The van der Waals surface area contributed by atoms with Crippen molar-refractivity contribution in [3.05, 3.63) is 121 Å². The van der Waals surface area contributed by atoms with E-state index in [1.165, 1.54) is 13.2 Å². The first-order chi connectivity index (χ1) is 34.7. The number of nitrogens with two attached hydrogens (primary N) is 2. The Kier molecular flexibility index (Phi) is 14.1. The molecule has 4 heterocycles. The average Bonchev–Trinajstić information content (AvgIpc) is 4.13. The number of hydrogen-bond acceptors (Lipinski definition) is 19. The Bertz CT molecular complexity index is 3630. The number of fused-ring (bicyclic) bond motifs is 4. The molecule has 8 atom stereocenters. The summed E-state index contributed by atoms with van der Waals surface area (Å²) in [5.74, 6) is -1.68. The van der Waals surface area contributed by atoms with Crippen LogP contribution < -0.4 is 20.9 Å². The molecule has 26 heteroatoms. The van der Waals surface area contributed by atoms with E-state index >= 15 is 0 Å². The fourth-order valence-electron chi connectivity index (χ4n) is 9.27. The second-order valence-electron chi connectivity index (χ2n) is 17.5. The van der Waals surface area contributed by atoms with Crippen LogP contribution >= 0.6 is 0 Å². The molecule has 4 aromatic carbocycles. The molecule has 4 aromatic heterocycles. The summed E-state index contributed by atoms with van der Waals surface area (Å²) in [6.07, 6.45) is -1.13. The number of carboxylic acids is 1. The zero-order chi connectivity index (χ0) is 51.9. The normalized spacial score (nSPS) is 22.1. The van der Waals surface area contributed by atoms with Gasteiger partial charge in [0.15, 0.2) is 11.3 Å². The highest BCUT2D eigenvalue weighted by Crippen LogP contribution is 2.35. The lowest BCUT2D eigenvalue weighted by Crippen LogP contribution is -2.36. The Morgan fingerprint density at radius 2 is 1.07 bits per heavy atom. The van der Waals surface area contributed by atoms with E-state index in [4.69, 9.17) is 20.1 Å². The van der Waals surface area contributed by atoms with Crippen molar-refractivity contribution in [3.63, 3.8) is 0 Å². The predicted octanol–water partition coefficient (Wildman–Crippen LogP) is 2.07. The number of esters is 1. The number of aromatic carboxylic acids is 1. The molecule has 0 unspecified atom stereocenters. The molecule has 0 saturated heterocycles. The molecule has 24 nitrogen and oxygen atoms in total. The van der Waals surface area contributed by atoms with E-state index in [-0.39, 0.29) is 31.6 Å². The highest BCUT2D eigenvalue weighted by atomic mass is 32.2. The largest absolute Gasteiger partial charge is 0.478 e. The maximum Gasteiger partial charge on any atom is 0.337 e. The monoisotopic (exact) mass is 1040 g/mol. The van der Waals surface area contributed by atoms with Gasteiger partial charge in [-0.25, -0.2) is 29.8 Å². The summed E-state index contributed by atoms with van der Waals surface area (Å²) >= 11 is 0. The summed E-state index contributed by atoms with van der Waals surface area (Å²) in [4.78, 5) is 32.0. The molecule has 2 fully saturated rings. The molecule has 0 spiro atoms. The third-order valence-electron chi connectivity index (χ3n) is 12.9. The number of methoxy groups -OCH3 is 1. The minimum atomic E-state index is -4.17. The van der Waals surface area contributed by atoms with Crippen molar-refractivity contribution >= 4 is 77.0 Å². The number of rotatable bonds is 14. The second-order valence-corrected chi connectivity index (χ2v) is 20.0. The van der Waals surface area contributed by atoms with Gasteiger partial charge in [-0.15, -0.1) is 0 Å². The minimum Gasteiger partial charge on any atom is -0.478 e. The third kappa shape index (κ3) is 10.9. The number of carbonyl (C=O) groups excluding carboxylic acids is 1. The molecule has 0 bridgehead atoms. The van der Waals surface area contributed by atoms with Gasteiger partial charge in [-0.2, -0.15) is 36.1 Å². The first-order valence-corrected chi connectivity index (χ1v) is 25.4. The number of aliphatic hydroxyl groups excluding tert-OH is 4. The maximum absolute atomic E-state index is 11.9. The maximum atomic E-state index is 11.9. The van der Waals surface area contributed by atoms with E-state index in [2.05, 4.69) is 34.1 Å². The highest BCUT2D eigenvalue weighted by molar-refractivity contribution is 7.84. The van der Waals surface area contributed by atoms with Gasteiger partial charge in [0.2, 0.25) is 0 Å². The Balaban J connectivity index is 0.000000180. The van der Waals surface area contributed by atoms with Gasteiger partial charge in [0.05, 0.1) is 67.1 Å². The lowest BCUT2D eigenvalue weighted by molar-refractivity contribution is 0.00773. The van der Waals surface area contributed by atoms with Crippen LogP contribution in [0, 0.1) is 11.8 Å². The second kappa shape index (κ2) is 20.3. The summed E-state index contributed by atoms with van der Waals surface area (Å²) in [6.45, 7) is -0.691. The van der Waals surface area contributed by atoms with E-state index in [1.54, 1.807) is 63.9 Å². The van der Waals surface area contributed by atoms with Crippen molar-refractivity contribution in [2.24, 2.45) is 22.1 Å². The zero-order valence-corrected chi connectivity index (χ0v) is 40.0. The van der Waals surface area contributed by atoms with Crippen LogP contribution in [0.2, 0.25) is 0 Å². The Hall–Kier alpha value is -7.24. The number of aliphatic hydroxyl groups is 4. The van der Waals surface area contributed by atoms with Crippen LogP contribution in [-0.2, 0) is 33.7 Å². The molecule has 0 radical (unpaired) electrons. The Morgan fingerprint density at radius 3 is 1.49 bits per heavy atom. The molecular weight excluding hydrogens is 993 g/mol. The van der Waals surface area contributed by atoms with E-state index in [1.807, 2.05) is 48.5 Å². The summed E-state index contributed by atoms with van der Waals surface area (Å²) in [6, 6.07) is 27.1. The number of aromatic nitrogens is 6. The molecule has 11 N–H and O–H groups in total. The first-order valence-electron chi connectivity index (χ1n) is 22.4. The van der Waals surface area contributed by atoms with Crippen LogP contribution in [0.25, 0.3) is 55.4 Å². The quantitative estimate of drug-likeness (QED) is 0.0704. The Morgan fingerprint density at radius 1 is 0.630 bits per heavy atom. The van der Waals surface area contributed by atoms with E-state index in [9.17, 15) is 52.0 Å². The molecule has 2 saturated carbocycles. The lowest BCUT2D eigenvalue weighted by atomic mass is 10.0. The van der Waals surface area contributed by atoms with Crippen LogP contribution in [0.15, 0.2) is 109 Å². The summed E-state index contributed by atoms with van der Waals surface area (Å²) in [5.41, 5.74) is 4.58. The molecule has 2 aliphatic rings. The molecule has 2 aliphatic carbocycles. The van der Waals surface area contributed by atoms with E-state index in [0.717, 1.165) is 32.7 Å². The number of nitrogens with zero attached hydrogens (tertiary/aromatic N) is 6. The fraction of sp³-hybridized carbons (Fsp3) is 0.277. The number of hydrogen-bond donors (Lipinski definition) is 9. The smallest absolute Gasteiger partial charge is 0.337 e. The topological polar surface area (TPSA) is 368 Å². The van der Waals surface area contributed by atoms with Crippen LogP contribution in [0.4, 0.5) is 11.6 Å². The van der Waals surface area contributed by atoms with Gasteiger partial charge in [0.25, 0.3) is 0 Å². The lowest BCUT2D eigenvalue weighted by Gasteiger charge is -2.19. The van der Waals surface area contributed by atoms with Gasteiger partial charge in [-0.05, 0) is 70.8 Å². The van der Waals surface area contributed by atoms with Crippen molar-refractivity contribution in [1.82, 2.24) is 29.2 Å². The van der Waals surface area contributed by atoms with Gasteiger partial charge in [0.1, 0.15) is 23.8 Å². The van der Waals surface area contributed by atoms with Crippen molar-refractivity contribution in [2.75, 3.05) is 31.0 Å². The third-order valence-corrected chi connectivity index (χ3v) is 13.8. The van der Waals surface area contributed by atoms with Gasteiger partial charge in [-0.3, -0.25) is 8.37 Å². The number of ether oxygens (including phenoxy) is 1. The average molecular weight is 1040 g/mol. The number of nitrogens with one attached hydrogen (secondary N) is 2. The van der Waals surface area contributed by atoms with E-state index < -0.39 is 80.9 Å². The van der Waals surface area contributed by atoms with Crippen molar-refractivity contribution in [1.29, 1.82) is 0 Å². The zero-order valence-electron chi connectivity index (χ0n) is 38.4. The first kappa shape index (κ1) is 50.7. The highest BCUT2D eigenvalue weighted by Gasteiger charge is 2.43. The van der Waals surface area contributed by atoms with Crippen molar-refractivity contribution in [2.45, 2.75) is 49.3 Å². The van der Waals surface area contributed by atoms with Gasteiger partial charge in [0, 0.05) is 47.5 Å². The van der Waals surface area contributed by atoms with Crippen LogP contribution in [-0.4, -0.2) is 140 Å². The molecule has 73 heavy (non-hydrogen) atoms. The fourth-order valence-corrected chi connectivity index (χ4v) is 10.0. The van der Waals surface area contributed by atoms with Gasteiger partial charge < -0.3 is 40.9 Å². The summed E-state index contributed by atoms with van der Waals surface area (Å²) < 4.78 is 61.6.